The number of halogens is 1. The first-order chi connectivity index (χ1) is 10.6. The summed E-state index contributed by atoms with van der Waals surface area (Å²) in [5.74, 6) is -0.182. The number of nitrogens with zero attached hydrogens (tertiary/aromatic N) is 1. The number of methoxy groups -OCH3 is 1. The van der Waals surface area contributed by atoms with E-state index in [4.69, 9.17) is 0 Å². The summed E-state index contributed by atoms with van der Waals surface area (Å²) >= 11 is 0. The first kappa shape index (κ1) is 17.9. The predicted molar refractivity (Wildman–Crippen MR) is 85.3 cm³/mol. The first-order valence-electron chi connectivity index (χ1n) is 7.41. The van der Waals surface area contributed by atoms with Crippen LogP contribution in [0.25, 0.3) is 0 Å². The zero-order valence-corrected chi connectivity index (χ0v) is 13.4. The zero-order valence-electron chi connectivity index (χ0n) is 13.4. The van der Waals surface area contributed by atoms with Gasteiger partial charge in [0.25, 0.3) is 0 Å². The SMILES string of the molecule is CCNC(=NCC(C)C(=O)OC)NCCc1ccccc1F. The van der Waals surface area contributed by atoms with Crippen molar-refractivity contribution in [1.82, 2.24) is 10.6 Å². The molecule has 0 saturated carbocycles. The van der Waals surface area contributed by atoms with E-state index in [1.54, 1.807) is 19.1 Å². The first-order valence-corrected chi connectivity index (χ1v) is 7.41. The molecule has 0 radical (unpaired) electrons. The van der Waals surface area contributed by atoms with Crippen molar-refractivity contribution in [3.8, 4) is 0 Å². The van der Waals surface area contributed by atoms with Gasteiger partial charge >= 0.3 is 5.97 Å². The van der Waals surface area contributed by atoms with E-state index >= 15 is 0 Å². The van der Waals surface area contributed by atoms with E-state index in [0.717, 1.165) is 0 Å². The smallest absolute Gasteiger partial charge is 0.310 e. The molecule has 0 aliphatic heterocycles. The number of rotatable bonds is 7. The number of aliphatic imine (C=N–C) groups is 1. The number of benzene rings is 1. The van der Waals surface area contributed by atoms with Crippen LogP contribution in [0.3, 0.4) is 0 Å². The quantitative estimate of drug-likeness (QED) is 0.457. The minimum Gasteiger partial charge on any atom is -0.469 e. The molecule has 1 aromatic carbocycles. The number of hydrogen-bond acceptors (Lipinski definition) is 3. The van der Waals surface area contributed by atoms with Crippen LogP contribution in [-0.2, 0) is 16.0 Å². The molecule has 1 unspecified atom stereocenters. The summed E-state index contributed by atoms with van der Waals surface area (Å²) in [6, 6.07) is 6.70. The molecule has 5 nitrogen and oxygen atoms in total. The Kier molecular flexibility index (Phi) is 7.96. The highest BCUT2D eigenvalue weighted by molar-refractivity contribution is 5.80. The van der Waals surface area contributed by atoms with Gasteiger partial charge < -0.3 is 15.4 Å². The van der Waals surface area contributed by atoms with Gasteiger partial charge in [-0.25, -0.2) is 4.39 Å². The summed E-state index contributed by atoms with van der Waals surface area (Å²) in [5.41, 5.74) is 0.661. The van der Waals surface area contributed by atoms with E-state index in [1.807, 2.05) is 13.0 Å². The van der Waals surface area contributed by atoms with Crippen molar-refractivity contribution in [2.75, 3.05) is 26.7 Å². The molecule has 0 amide bonds. The molecule has 0 aliphatic carbocycles. The van der Waals surface area contributed by atoms with Crippen LogP contribution >= 0.6 is 0 Å². The molecule has 0 saturated heterocycles. The van der Waals surface area contributed by atoms with Gasteiger partial charge in [0.2, 0.25) is 0 Å². The lowest BCUT2D eigenvalue weighted by Crippen LogP contribution is -2.39. The summed E-state index contributed by atoms with van der Waals surface area (Å²) in [6.45, 7) is 5.31. The van der Waals surface area contributed by atoms with Crippen molar-refractivity contribution >= 4 is 11.9 Å². The minimum atomic E-state index is -0.299. The summed E-state index contributed by atoms with van der Waals surface area (Å²) in [7, 11) is 1.36. The molecule has 0 spiro atoms. The number of hydrogen-bond donors (Lipinski definition) is 2. The maximum absolute atomic E-state index is 13.5. The van der Waals surface area contributed by atoms with Crippen LogP contribution in [0.15, 0.2) is 29.3 Å². The third kappa shape index (κ3) is 6.11. The highest BCUT2D eigenvalue weighted by Crippen LogP contribution is 2.06. The molecule has 6 heteroatoms. The molecule has 22 heavy (non-hydrogen) atoms. The van der Waals surface area contributed by atoms with Gasteiger partial charge in [0.15, 0.2) is 5.96 Å². The van der Waals surface area contributed by atoms with Gasteiger partial charge in [0, 0.05) is 13.1 Å². The number of carbonyl (C=O) groups excluding carboxylic acids is 1. The Morgan fingerprint density at radius 1 is 1.36 bits per heavy atom. The Hall–Kier alpha value is -2.11. The maximum Gasteiger partial charge on any atom is 0.310 e. The van der Waals surface area contributed by atoms with E-state index in [9.17, 15) is 9.18 Å². The van der Waals surface area contributed by atoms with Gasteiger partial charge in [0.1, 0.15) is 5.82 Å². The average molecular weight is 309 g/mol. The van der Waals surface area contributed by atoms with Crippen LogP contribution in [0, 0.1) is 11.7 Å². The van der Waals surface area contributed by atoms with Crippen molar-refractivity contribution in [3.63, 3.8) is 0 Å². The second-order valence-electron chi connectivity index (χ2n) is 4.91. The van der Waals surface area contributed by atoms with Gasteiger partial charge in [0.05, 0.1) is 19.6 Å². The van der Waals surface area contributed by atoms with E-state index in [2.05, 4.69) is 20.4 Å². The average Bonchev–Trinajstić information content (AvgIpc) is 2.53. The lowest BCUT2D eigenvalue weighted by molar-refractivity contribution is -0.144. The zero-order chi connectivity index (χ0) is 16.4. The second kappa shape index (κ2) is 9.76. The second-order valence-corrected chi connectivity index (χ2v) is 4.91. The molecule has 0 bridgehead atoms. The van der Waals surface area contributed by atoms with E-state index in [0.29, 0.717) is 37.6 Å². The fourth-order valence-electron chi connectivity index (χ4n) is 1.86. The Morgan fingerprint density at radius 3 is 2.73 bits per heavy atom. The van der Waals surface area contributed by atoms with Crippen LogP contribution in [-0.4, -0.2) is 38.7 Å². The molecule has 1 rings (SSSR count). The van der Waals surface area contributed by atoms with Crippen molar-refractivity contribution in [2.45, 2.75) is 20.3 Å². The molecule has 1 atom stereocenters. The Morgan fingerprint density at radius 2 is 2.09 bits per heavy atom. The van der Waals surface area contributed by atoms with Crippen LogP contribution in [0.4, 0.5) is 4.39 Å². The van der Waals surface area contributed by atoms with Crippen molar-refractivity contribution in [1.29, 1.82) is 0 Å². The van der Waals surface area contributed by atoms with E-state index in [1.165, 1.54) is 13.2 Å². The third-order valence-corrected chi connectivity index (χ3v) is 3.12. The largest absolute Gasteiger partial charge is 0.469 e. The topological polar surface area (TPSA) is 62.7 Å². The van der Waals surface area contributed by atoms with Crippen LogP contribution in [0.5, 0.6) is 0 Å². The van der Waals surface area contributed by atoms with Gasteiger partial charge in [-0.1, -0.05) is 25.1 Å². The molecule has 2 N–H and O–H groups in total. The van der Waals surface area contributed by atoms with Gasteiger partial charge in [-0.3, -0.25) is 9.79 Å². The van der Waals surface area contributed by atoms with E-state index in [-0.39, 0.29) is 17.7 Å². The van der Waals surface area contributed by atoms with Crippen molar-refractivity contribution in [3.05, 3.63) is 35.6 Å². The number of guanidine groups is 1. The molecular weight excluding hydrogens is 285 g/mol. The van der Waals surface area contributed by atoms with Crippen LogP contribution in [0.1, 0.15) is 19.4 Å². The predicted octanol–water partition coefficient (Wildman–Crippen LogP) is 1.73. The molecular formula is C16H24FN3O2. The molecule has 1 aromatic rings. The standard InChI is InChI=1S/C16H24FN3O2/c1-4-18-16(20-11-12(2)15(21)22-3)19-10-9-13-7-5-6-8-14(13)17/h5-8,12H,4,9-11H2,1-3H3,(H2,18,19,20). The number of esters is 1. The van der Waals surface area contributed by atoms with Crippen LogP contribution < -0.4 is 10.6 Å². The summed E-state index contributed by atoms with van der Waals surface area (Å²) in [6.07, 6.45) is 0.559. The molecule has 0 aromatic heterocycles. The molecule has 122 valence electrons. The van der Waals surface area contributed by atoms with Crippen LogP contribution in [0.2, 0.25) is 0 Å². The van der Waals surface area contributed by atoms with Crippen molar-refractivity contribution in [2.24, 2.45) is 10.9 Å². The van der Waals surface area contributed by atoms with Gasteiger partial charge in [-0.15, -0.1) is 0 Å². The Labute approximate surface area is 131 Å². The monoisotopic (exact) mass is 309 g/mol. The molecule has 0 aliphatic rings. The Balaban J connectivity index is 2.50. The summed E-state index contributed by atoms with van der Waals surface area (Å²) in [4.78, 5) is 15.7. The number of nitrogens with one attached hydrogen (secondary N) is 2. The van der Waals surface area contributed by atoms with Gasteiger partial charge in [-0.05, 0) is 25.0 Å². The fourth-order valence-corrected chi connectivity index (χ4v) is 1.86. The van der Waals surface area contributed by atoms with Crippen molar-refractivity contribution < 1.29 is 13.9 Å². The minimum absolute atomic E-state index is 0.203. The fraction of sp³-hybridized carbons (Fsp3) is 0.500. The number of carbonyl (C=O) groups is 1. The van der Waals surface area contributed by atoms with E-state index < -0.39 is 0 Å². The highest BCUT2D eigenvalue weighted by atomic mass is 19.1. The normalized spacial score (nSPS) is 12.6. The number of ether oxygens (including phenoxy) is 1. The lowest BCUT2D eigenvalue weighted by atomic mass is 10.1. The third-order valence-electron chi connectivity index (χ3n) is 3.12. The van der Waals surface area contributed by atoms with Gasteiger partial charge in [-0.2, -0.15) is 0 Å². The molecule has 0 fully saturated rings. The summed E-state index contributed by atoms with van der Waals surface area (Å²) < 4.78 is 18.2. The Bertz CT molecular complexity index is 506. The highest BCUT2D eigenvalue weighted by Gasteiger charge is 2.12. The molecule has 0 heterocycles. The lowest BCUT2D eigenvalue weighted by Gasteiger charge is -2.13. The summed E-state index contributed by atoms with van der Waals surface area (Å²) in [5, 5.41) is 6.22. The maximum atomic E-state index is 13.5.